The summed E-state index contributed by atoms with van der Waals surface area (Å²) in [5, 5.41) is 6.32. The molecule has 3 N–H and O–H groups in total. The summed E-state index contributed by atoms with van der Waals surface area (Å²) >= 11 is 6.42. The van der Waals surface area contributed by atoms with E-state index in [1.807, 2.05) is 32.9 Å². The van der Waals surface area contributed by atoms with Gasteiger partial charge >= 0.3 is 0 Å². The third kappa shape index (κ3) is 7.47. The Morgan fingerprint density at radius 2 is 1.67 bits per heavy atom. The summed E-state index contributed by atoms with van der Waals surface area (Å²) in [5.41, 5.74) is 2.87. The number of hydrogen-bond donors (Lipinski definition) is 3. The van der Waals surface area contributed by atoms with Crippen molar-refractivity contribution in [2.24, 2.45) is 0 Å². The van der Waals surface area contributed by atoms with E-state index in [4.69, 9.17) is 47.7 Å². The van der Waals surface area contributed by atoms with Crippen LogP contribution in [0.3, 0.4) is 0 Å². The van der Waals surface area contributed by atoms with Crippen LogP contribution in [0.5, 0.6) is 5.75 Å². The number of halogens is 1. The molecule has 0 amide bonds. The van der Waals surface area contributed by atoms with Crippen LogP contribution in [0.25, 0.3) is 0 Å². The fourth-order valence-electron chi connectivity index (χ4n) is 5.07. The minimum absolute atomic E-state index is 0.121. The highest BCUT2D eigenvalue weighted by Crippen LogP contribution is 2.41. The summed E-state index contributed by atoms with van der Waals surface area (Å²) in [6.07, 6.45) is 2.13. The number of para-hydroxylation sites is 1. The van der Waals surface area contributed by atoms with Crippen LogP contribution in [0.1, 0.15) is 57.6 Å². The van der Waals surface area contributed by atoms with Gasteiger partial charge in [0.05, 0.1) is 65.2 Å². The smallest absolute Gasteiger partial charge is 0.229 e. The predicted octanol–water partition coefficient (Wildman–Crippen LogP) is 4.34. The SMILES string of the molecule is [B]C1([B])CC(c2cc(OC(C)C)c(Nc3ncc(Cl)c(Nc4ccccc4S(=O)(=O)C(C)C)n3)cc2C)CC([B])([B])N1. The second-order valence-corrected chi connectivity index (χ2v) is 14.3. The van der Waals surface area contributed by atoms with Crippen LogP contribution in [0, 0.1) is 6.92 Å². The predicted molar refractivity (Wildman–Crippen MR) is 173 cm³/mol. The van der Waals surface area contributed by atoms with Gasteiger partial charge in [-0.15, -0.1) is 0 Å². The Morgan fingerprint density at radius 3 is 2.29 bits per heavy atom. The molecule has 1 aromatic heterocycles. The Balaban J connectivity index is 1.68. The molecule has 8 nitrogen and oxygen atoms in total. The van der Waals surface area contributed by atoms with E-state index in [2.05, 4.69) is 25.9 Å². The third-order valence-electron chi connectivity index (χ3n) is 6.86. The summed E-state index contributed by atoms with van der Waals surface area (Å²) in [5.74, 6) is 0.897. The monoisotopic (exact) mass is 597 g/mol. The van der Waals surface area contributed by atoms with Gasteiger partial charge in [0, 0.05) is 0 Å². The third-order valence-corrected chi connectivity index (χ3v) is 9.35. The highest BCUT2D eigenvalue weighted by atomic mass is 35.5. The van der Waals surface area contributed by atoms with E-state index in [0.717, 1.165) is 11.1 Å². The summed E-state index contributed by atoms with van der Waals surface area (Å²) in [6.45, 7) is 9.07. The van der Waals surface area contributed by atoms with Crippen molar-refractivity contribution in [2.45, 2.75) is 80.3 Å². The van der Waals surface area contributed by atoms with Crippen LogP contribution in [-0.4, -0.2) is 71.8 Å². The fourth-order valence-corrected chi connectivity index (χ4v) is 6.41. The summed E-state index contributed by atoms with van der Waals surface area (Å²) in [7, 11) is 21.3. The lowest BCUT2D eigenvalue weighted by Crippen LogP contribution is -2.64. The molecule has 212 valence electrons. The van der Waals surface area contributed by atoms with Crippen molar-refractivity contribution in [3.8, 4) is 5.75 Å². The van der Waals surface area contributed by atoms with Crippen molar-refractivity contribution >= 4 is 76.0 Å². The molecule has 0 atom stereocenters. The number of rotatable bonds is 9. The number of hydrogen-bond acceptors (Lipinski definition) is 8. The minimum Gasteiger partial charge on any atom is -0.489 e. The first-order chi connectivity index (χ1) is 19.5. The fraction of sp³-hybridized carbons (Fsp3) is 0.429. The first-order valence-electron chi connectivity index (χ1n) is 13.6. The first kappa shape index (κ1) is 32.3. The Labute approximate surface area is 259 Å². The molecule has 0 spiro atoms. The van der Waals surface area contributed by atoms with Gasteiger partial charge < -0.3 is 20.7 Å². The standard InChI is InChI=1S/C28H32B4ClN5O3S/c1-15(2)41-23-11-19(18-12-27(29,30)38-28(31,32)13-18)17(5)10-22(23)36-26-34-14-20(33)25(37-26)35-21-8-6-7-9-24(21)42(39,40)16(3)4/h6-11,14-16,18,38H,12-13H2,1-5H3,(H2,34,35,36,37). The number of piperidine rings is 1. The van der Waals surface area contributed by atoms with Crippen LogP contribution in [0.2, 0.25) is 5.02 Å². The molecule has 2 heterocycles. The zero-order chi connectivity index (χ0) is 31.0. The van der Waals surface area contributed by atoms with Gasteiger partial charge in [-0.1, -0.05) is 34.4 Å². The second kappa shape index (κ2) is 12.2. The molecule has 1 saturated heterocycles. The van der Waals surface area contributed by atoms with Gasteiger partial charge in [0.25, 0.3) is 0 Å². The molecule has 14 heteroatoms. The van der Waals surface area contributed by atoms with Crippen molar-refractivity contribution in [1.82, 2.24) is 15.3 Å². The van der Waals surface area contributed by atoms with Crippen molar-refractivity contribution < 1.29 is 13.2 Å². The highest BCUT2D eigenvalue weighted by Gasteiger charge is 2.37. The summed E-state index contributed by atoms with van der Waals surface area (Å²) < 4.78 is 32.1. The van der Waals surface area contributed by atoms with Crippen LogP contribution in [0.15, 0.2) is 47.5 Å². The highest BCUT2D eigenvalue weighted by molar-refractivity contribution is 7.92. The molecule has 0 bridgehead atoms. The van der Waals surface area contributed by atoms with E-state index >= 15 is 0 Å². The zero-order valence-electron chi connectivity index (χ0n) is 24.4. The van der Waals surface area contributed by atoms with E-state index < -0.39 is 25.8 Å². The van der Waals surface area contributed by atoms with Gasteiger partial charge in [-0.05, 0) is 88.8 Å². The minimum atomic E-state index is -3.57. The Morgan fingerprint density at radius 1 is 1.02 bits per heavy atom. The Hall–Kier alpha value is -2.62. The number of aryl methyl sites for hydroxylation is 1. The lowest BCUT2D eigenvalue weighted by atomic mass is 9.46. The molecular formula is C28H32B4ClN5O3S. The van der Waals surface area contributed by atoms with Crippen molar-refractivity contribution in [3.63, 3.8) is 0 Å². The lowest BCUT2D eigenvalue weighted by Gasteiger charge is -2.49. The quantitative estimate of drug-likeness (QED) is 0.313. The number of ether oxygens (including phenoxy) is 1. The number of benzene rings is 2. The van der Waals surface area contributed by atoms with Crippen LogP contribution < -0.4 is 20.7 Å². The van der Waals surface area contributed by atoms with Crippen molar-refractivity contribution in [1.29, 1.82) is 0 Å². The maximum Gasteiger partial charge on any atom is 0.229 e. The number of aromatic nitrogens is 2. The molecule has 1 aliphatic rings. The molecule has 0 saturated carbocycles. The average Bonchev–Trinajstić information content (AvgIpc) is 2.85. The number of sulfone groups is 1. The molecule has 4 rings (SSSR count). The van der Waals surface area contributed by atoms with Gasteiger partial charge in [-0.2, -0.15) is 4.98 Å². The van der Waals surface area contributed by atoms with Crippen LogP contribution >= 0.6 is 11.6 Å². The van der Waals surface area contributed by atoms with E-state index in [-0.39, 0.29) is 33.7 Å². The van der Waals surface area contributed by atoms with Gasteiger partial charge in [0.2, 0.25) is 5.95 Å². The molecule has 2 aromatic carbocycles. The van der Waals surface area contributed by atoms with E-state index in [9.17, 15) is 8.42 Å². The van der Waals surface area contributed by atoms with E-state index in [1.165, 1.54) is 6.20 Å². The van der Waals surface area contributed by atoms with E-state index in [1.54, 1.807) is 38.1 Å². The Bertz CT molecular complexity index is 1560. The summed E-state index contributed by atoms with van der Waals surface area (Å²) in [4.78, 5) is 9.03. The molecule has 0 aliphatic carbocycles. The van der Waals surface area contributed by atoms with Gasteiger partial charge in [0.1, 0.15) is 10.8 Å². The largest absolute Gasteiger partial charge is 0.489 e. The number of nitrogens with one attached hydrogen (secondary N) is 3. The van der Waals surface area contributed by atoms with Crippen LogP contribution in [0.4, 0.5) is 23.1 Å². The van der Waals surface area contributed by atoms with Crippen molar-refractivity contribution in [3.05, 3.63) is 58.7 Å². The molecule has 8 radical (unpaired) electrons. The molecule has 0 unspecified atom stereocenters. The topological polar surface area (TPSA) is 105 Å². The maximum atomic E-state index is 12.9. The van der Waals surface area contributed by atoms with Gasteiger partial charge in [-0.25, -0.2) is 13.4 Å². The van der Waals surface area contributed by atoms with Crippen molar-refractivity contribution in [2.75, 3.05) is 10.6 Å². The second-order valence-electron chi connectivity index (χ2n) is 11.4. The number of anilines is 4. The van der Waals surface area contributed by atoms with Gasteiger partial charge in [0.15, 0.2) is 15.7 Å². The first-order valence-corrected chi connectivity index (χ1v) is 15.6. The Kier molecular flexibility index (Phi) is 9.36. The van der Waals surface area contributed by atoms with Crippen LogP contribution in [-0.2, 0) is 9.84 Å². The van der Waals surface area contributed by atoms with E-state index in [0.29, 0.717) is 30.0 Å². The summed E-state index contributed by atoms with van der Waals surface area (Å²) in [6, 6.07) is 10.5. The zero-order valence-corrected chi connectivity index (χ0v) is 26.0. The molecule has 1 fully saturated rings. The molecule has 3 aromatic rings. The molecule has 42 heavy (non-hydrogen) atoms. The average molecular weight is 597 g/mol. The maximum absolute atomic E-state index is 12.9. The number of nitrogens with zero attached hydrogens (tertiary/aromatic N) is 2. The van der Waals surface area contributed by atoms with Gasteiger partial charge in [-0.3, -0.25) is 0 Å². The normalized spacial score (nSPS) is 16.9. The molecular weight excluding hydrogens is 565 g/mol. The lowest BCUT2D eigenvalue weighted by molar-refractivity contribution is 0.243. The molecule has 1 aliphatic heterocycles.